The summed E-state index contributed by atoms with van der Waals surface area (Å²) in [6.45, 7) is 5.76. The summed E-state index contributed by atoms with van der Waals surface area (Å²) >= 11 is 0. The van der Waals surface area contributed by atoms with Gasteiger partial charge in [0.1, 0.15) is 10.6 Å². The highest BCUT2D eigenvalue weighted by molar-refractivity contribution is 7.89. The van der Waals surface area contributed by atoms with Crippen LogP contribution in [0, 0.1) is 0 Å². The lowest BCUT2D eigenvalue weighted by molar-refractivity contribution is 0.0730. The Morgan fingerprint density at radius 1 is 1.03 bits per heavy atom. The van der Waals surface area contributed by atoms with Crippen LogP contribution in [-0.2, 0) is 38.4 Å². The largest absolute Gasteiger partial charge is 0.379 e. The van der Waals surface area contributed by atoms with Gasteiger partial charge < -0.3 is 14.6 Å². The first kappa shape index (κ1) is 25.4. The summed E-state index contributed by atoms with van der Waals surface area (Å²) in [5, 5.41) is 2.76. The molecule has 0 radical (unpaired) electrons. The van der Waals surface area contributed by atoms with E-state index in [4.69, 9.17) is 4.74 Å². The Hall–Kier alpha value is -2.25. The Bertz CT molecular complexity index is 1180. The Morgan fingerprint density at radius 3 is 2.21 bits per heavy atom. The van der Waals surface area contributed by atoms with Crippen molar-refractivity contribution in [2.45, 2.75) is 30.2 Å². The number of rotatable bonds is 9. The molecule has 182 valence electrons. The van der Waals surface area contributed by atoms with Gasteiger partial charge in [0.15, 0.2) is 0 Å². The van der Waals surface area contributed by atoms with Gasteiger partial charge in [0.2, 0.25) is 20.0 Å². The SMILES string of the molecule is CCN(CC)S(=O)(=O)c1cc(C(=O)NCc2ccc(S(=O)(=O)N3CCOCC3)cc2)n(C)c1. The lowest BCUT2D eigenvalue weighted by atomic mass is 10.2. The molecule has 2 aromatic rings. The van der Waals surface area contributed by atoms with E-state index >= 15 is 0 Å². The van der Waals surface area contributed by atoms with E-state index in [9.17, 15) is 21.6 Å². The van der Waals surface area contributed by atoms with Crippen molar-refractivity contribution in [3.63, 3.8) is 0 Å². The number of amides is 1. The first-order valence-corrected chi connectivity index (χ1v) is 13.6. The highest BCUT2D eigenvalue weighted by Gasteiger charge is 2.27. The number of nitrogens with one attached hydrogen (secondary N) is 1. The Morgan fingerprint density at radius 2 is 1.64 bits per heavy atom. The summed E-state index contributed by atoms with van der Waals surface area (Å²) in [6.07, 6.45) is 1.42. The van der Waals surface area contributed by atoms with Gasteiger partial charge in [-0.3, -0.25) is 4.79 Å². The molecule has 33 heavy (non-hydrogen) atoms. The molecular formula is C21H30N4O6S2. The minimum atomic E-state index is -3.67. The molecule has 1 aliphatic rings. The van der Waals surface area contributed by atoms with E-state index in [0.29, 0.717) is 39.4 Å². The van der Waals surface area contributed by atoms with Gasteiger partial charge >= 0.3 is 0 Å². The third-order valence-electron chi connectivity index (χ3n) is 5.54. The molecule has 12 heteroatoms. The molecule has 1 saturated heterocycles. The fraction of sp³-hybridized carbons (Fsp3) is 0.476. The molecule has 1 aromatic carbocycles. The summed E-state index contributed by atoms with van der Waals surface area (Å²) < 4.78 is 60.2. The van der Waals surface area contributed by atoms with Crippen molar-refractivity contribution in [3.8, 4) is 0 Å². The number of nitrogens with zero attached hydrogens (tertiary/aromatic N) is 3. The zero-order chi connectivity index (χ0) is 24.2. The first-order valence-electron chi connectivity index (χ1n) is 10.7. The van der Waals surface area contributed by atoms with Gasteiger partial charge in [-0.25, -0.2) is 16.8 Å². The lowest BCUT2D eigenvalue weighted by Gasteiger charge is -2.26. The van der Waals surface area contributed by atoms with Gasteiger partial charge in [-0.05, 0) is 23.8 Å². The van der Waals surface area contributed by atoms with Gasteiger partial charge in [0.05, 0.1) is 18.1 Å². The van der Waals surface area contributed by atoms with E-state index in [0.717, 1.165) is 5.56 Å². The second kappa shape index (κ2) is 10.3. The fourth-order valence-electron chi connectivity index (χ4n) is 3.60. The third kappa shape index (κ3) is 5.46. The summed E-state index contributed by atoms with van der Waals surface area (Å²) in [6, 6.07) is 7.69. The second-order valence-corrected chi connectivity index (χ2v) is 11.5. The molecule has 10 nitrogen and oxygen atoms in total. The van der Waals surface area contributed by atoms with Crippen LogP contribution in [0.2, 0.25) is 0 Å². The third-order valence-corrected chi connectivity index (χ3v) is 9.47. The van der Waals surface area contributed by atoms with Gasteiger partial charge in [-0.15, -0.1) is 0 Å². The molecule has 1 aliphatic heterocycles. The molecule has 0 unspecified atom stereocenters. The summed E-state index contributed by atoms with van der Waals surface area (Å²) in [5.74, 6) is -0.427. The van der Waals surface area contributed by atoms with Gasteiger partial charge in [-0.1, -0.05) is 26.0 Å². The highest BCUT2D eigenvalue weighted by atomic mass is 32.2. The van der Waals surface area contributed by atoms with Crippen molar-refractivity contribution in [1.29, 1.82) is 0 Å². The average molecular weight is 499 g/mol. The topological polar surface area (TPSA) is 118 Å². The molecule has 2 heterocycles. The maximum atomic E-state index is 12.7. The highest BCUT2D eigenvalue weighted by Crippen LogP contribution is 2.20. The van der Waals surface area contributed by atoms with Crippen LogP contribution in [0.25, 0.3) is 0 Å². The number of morpholine rings is 1. The molecule has 3 rings (SSSR count). The maximum Gasteiger partial charge on any atom is 0.268 e. The molecule has 0 bridgehead atoms. The van der Waals surface area contributed by atoms with E-state index in [1.165, 1.54) is 37.6 Å². The minimum Gasteiger partial charge on any atom is -0.379 e. The number of ether oxygens (including phenoxy) is 1. The number of hydrogen-bond donors (Lipinski definition) is 1. The molecular weight excluding hydrogens is 468 g/mol. The van der Waals surface area contributed by atoms with Crippen LogP contribution in [0.4, 0.5) is 0 Å². The monoisotopic (exact) mass is 498 g/mol. The van der Waals surface area contributed by atoms with E-state index in [1.54, 1.807) is 33.0 Å². The van der Waals surface area contributed by atoms with Crippen LogP contribution in [0.15, 0.2) is 46.3 Å². The predicted octanol–water partition coefficient (Wildman–Crippen LogP) is 1.01. The van der Waals surface area contributed by atoms with Crippen molar-refractivity contribution >= 4 is 26.0 Å². The number of aromatic nitrogens is 1. The maximum absolute atomic E-state index is 12.7. The molecule has 0 aliphatic carbocycles. The average Bonchev–Trinajstić information content (AvgIpc) is 3.21. The standard InChI is InChI=1S/C21H30N4O6S2/c1-4-24(5-2)33(29,30)19-14-20(23(3)16-19)21(26)22-15-17-6-8-18(9-7-17)32(27,28)25-10-12-31-13-11-25/h6-9,14,16H,4-5,10-13,15H2,1-3H3,(H,22,26). The predicted molar refractivity (Wildman–Crippen MR) is 123 cm³/mol. The molecule has 1 fully saturated rings. The van der Waals surface area contributed by atoms with Crippen molar-refractivity contribution in [2.24, 2.45) is 7.05 Å². The zero-order valence-electron chi connectivity index (χ0n) is 19.0. The fourth-order valence-corrected chi connectivity index (χ4v) is 6.54. The van der Waals surface area contributed by atoms with Crippen molar-refractivity contribution < 1.29 is 26.4 Å². The summed E-state index contributed by atoms with van der Waals surface area (Å²) in [7, 11) is -5.64. The molecule has 1 aromatic heterocycles. The lowest BCUT2D eigenvalue weighted by Crippen LogP contribution is -2.40. The Labute approximate surface area is 195 Å². The number of benzene rings is 1. The Kier molecular flexibility index (Phi) is 7.96. The van der Waals surface area contributed by atoms with Gasteiger partial charge in [-0.2, -0.15) is 8.61 Å². The molecule has 0 saturated carbocycles. The Balaban J connectivity index is 1.67. The zero-order valence-corrected chi connectivity index (χ0v) is 20.7. The number of sulfonamides is 2. The molecule has 0 atom stereocenters. The molecule has 0 spiro atoms. The van der Waals surface area contributed by atoms with Gasteiger partial charge in [0.25, 0.3) is 5.91 Å². The van der Waals surface area contributed by atoms with E-state index in [2.05, 4.69) is 5.32 Å². The van der Waals surface area contributed by atoms with Crippen LogP contribution in [0.1, 0.15) is 29.9 Å². The minimum absolute atomic E-state index is 0.0662. The number of hydrogen-bond acceptors (Lipinski definition) is 6. The smallest absolute Gasteiger partial charge is 0.268 e. The van der Waals surface area contributed by atoms with E-state index < -0.39 is 26.0 Å². The van der Waals surface area contributed by atoms with Crippen LogP contribution in [-0.4, -0.2) is 75.3 Å². The van der Waals surface area contributed by atoms with E-state index in [1.807, 2.05) is 0 Å². The summed E-state index contributed by atoms with van der Waals surface area (Å²) in [5.41, 5.74) is 0.932. The number of carbonyl (C=O) groups excluding carboxylic acids is 1. The number of aryl methyl sites for hydroxylation is 1. The van der Waals surface area contributed by atoms with E-state index in [-0.39, 0.29) is 22.0 Å². The number of carbonyl (C=O) groups is 1. The van der Waals surface area contributed by atoms with Crippen LogP contribution >= 0.6 is 0 Å². The van der Waals surface area contributed by atoms with Crippen LogP contribution < -0.4 is 5.32 Å². The van der Waals surface area contributed by atoms with Crippen molar-refractivity contribution in [1.82, 2.24) is 18.5 Å². The second-order valence-electron chi connectivity index (χ2n) is 7.60. The first-order chi connectivity index (χ1) is 15.6. The van der Waals surface area contributed by atoms with Crippen molar-refractivity contribution in [2.75, 3.05) is 39.4 Å². The van der Waals surface area contributed by atoms with Crippen molar-refractivity contribution in [3.05, 3.63) is 47.8 Å². The molecule has 1 amide bonds. The molecule has 1 N–H and O–H groups in total. The van der Waals surface area contributed by atoms with Gasteiger partial charge in [0, 0.05) is 46.0 Å². The van der Waals surface area contributed by atoms with Crippen LogP contribution in [0.3, 0.4) is 0 Å². The summed E-state index contributed by atoms with van der Waals surface area (Å²) in [4.78, 5) is 12.9. The van der Waals surface area contributed by atoms with Crippen LogP contribution in [0.5, 0.6) is 0 Å². The normalized spacial score (nSPS) is 15.6. The quantitative estimate of drug-likeness (QED) is 0.551.